The van der Waals surface area contributed by atoms with E-state index in [-0.39, 0.29) is 0 Å². The summed E-state index contributed by atoms with van der Waals surface area (Å²) in [5.74, 6) is 1.82. The van der Waals surface area contributed by atoms with Crippen LogP contribution in [0.2, 0.25) is 0 Å². The van der Waals surface area contributed by atoms with Gasteiger partial charge in [0.25, 0.3) is 0 Å². The molecule has 0 amide bonds. The number of fused-ring (bicyclic) bond motifs is 2. The maximum Gasteiger partial charge on any atom is 0.164 e. The molecule has 1 heterocycles. The van der Waals surface area contributed by atoms with Crippen LogP contribution in [0, 0.1) is 11.3 Å². The fourth-order valence-corrected chi connectivity index (χ4v) is 8.34. The Kier molecular flexibility index (Phi) is 6.58. The molecule has 0 aliphatic rings. The van der Waals surface area contributed by atoms with E-state index >= 15 is 0 Å². The molecule has 0 spiro atoms. The Morgan fingerprint density at radius 1 is 0.315 bits per heavy atom. The summed E-state index contributed by atoms with van der Waals surface area (Å²) in [6, 6.07) is 61.8. The van der Waals surface area contributed by atoms with Gasteiger partial charge in [0.05, 0.1) is 11.6 Å². The Bertz CT molecular complexity index is 3320. The smallest absolute Gasteiger partial charge is 0.164 e. The van der Waals surface area contributed by atoms with E-state index in [1.807, 2.05) is 66.7 Å². The third kappa shape index (κ3) is 4.66. The van der Waals surface area contributed by atoms with Crippen LogP contribution in [0.5, 0.6) is 0 Å². The van der Waals surface area contributed by atoms with Crippen molar-refractivity contribution in [2.24, 2.45) is 0 Å². The van der Waals surface area contributed by atoms with Crippen LogP contribution in [0.4, 0.5) is 0 Å². The Labute approximate surface area is 310 Å². The summed E-state index contributed by atoms with van der Waals surface area (Å²) in [7, 11) is 0. The summed E-state index contributed by atoms with van der Waals surface area (Å²) in [5, 5.41) is 24.0. The summed E-state index contributed by atoms with van der Waals surface area (Å²) in [5.41, 5.74) is 5.41. The first-order valence-corrected chi connectivity index (χ1v) is 18.1. The van der Waals surface area contributed by atoms with Crippen molar-refractivity contribution < 1.29 is 0 Å². The second-order valence-electron chi connectivity index (χ2n) is 13.9. The topological polar surface area (TPSA) is 62.5 Å². The van der Waals surface area contributed by atoms with E-state index in [2.05, 4.69) is 109 Å². The second kappa shape index (κ2) is 11.8. The Morgan fingerprint density at radius 2 is 0.796 bits per heavy atom. The molecule has 4 nitrogen and oxygen atoms in total. The van der Waals surface area contributed by atoms with Crippen LogP contribution >= 0.6 is 0 Å². The van der Waals surface area contributed by atoms with Gasteiger partial charge in [0.2, 0.25) is 0 Å². The summed E-state index contributed by atoms with van der Waals surface area (Å²) < 4.78 is 0. The van der Waals surface area contributed by atoms with Gasteiger partial charge < -0.3 is 0 Å². The van der Waals surface area contributed by atoms with Gasteiger partial charge >= 0.3 is 0 Å². The largest absolute Gasteiger partial charge is 0.208 e. The molecule has 0 bridgehead atoms. The molecule has 0 saturated heterocycles. The number of aromatic nitrogens is 3. The van der Waals surface area contributed by atoms with E-state index in [9.17, 15) is 5.26 Å². The van der Waals surface area contributed by atoms with Gasteiger partial charge in [-0.25, -0.2) is 15.0 Å². The molecule has 10 aromatic carbocycles. The zero-order valence-electron chi connectivity index (χ0n) is 29.0. The molecule has 0 radical (unpaired) electrons. The predicted octanol–water partition coefficient (Wildman–Crippen LogP) is 12.8. The number of hydrogen-bond acceptors (Lipinski definition) is 4. The quantitative estimate of drug-likeness (QED) is 0.173. The Hall–Kier alpha value is -7.48. The average Bonchev–Trinajstić information content (AvgIpc) is 3.25. The highest BCUT2D eigenvalue weighted by Crippen LogP contribution is 2.44. The highest BCUT2D eigenvalue weighted by Gasteiger charge is 2.18. The molecule has 0 unspecified atom stereocenters. The van der Waals surface area contributed by atoms with Gasteiger partial charge in [-0.1, -0.05) is 140 Å². The summed E-state index contributed by atoms with van der Waals surface area (Å²) >= 11 is 0. The first kappa shape index (κ1) is 30.2. The third-order valence-corrected chi connectivity index (χ3v) is 10.8. The van der Waals surface area contributed by atoms with Crippen LogP contribution in [-0.2, 0) is 0 Å². The van der Waals surface area contributed by atoms with Crippen molar-refractivity contribution in [2.75, 3.05) is 0 Å². The molecule has 248 valence electrons. The van der Waals surface area contributed by atoms with Gasteiger partial charge in [0, 0.05) is 16.7 Å². The maximum absolute atomic E-state index is 9.34. The first-order chi connectivity index (χ1) is 26.7. The van der Waals surface area contributed by atoms with Gasteiger partial charge in [0.15, 0.2) is 17.5 Å². The van der Waals surface area contributed by atoms with Crippen LogP contribution in [0.1, 0.15) is 5.56 Å². The minimum Gasteiger partial charge on any atom is -0.208 e. The molecule has 11 rings (SSSR count). The fourth-order valence-electron chi connectivity index (χ4n) is 8.34. The van der Waals surface area contributed by atoms with Gasteiger partial charge in [-0.2, -0.15) is 5.26 Å². The van der Waals surface area contributed by atoms with Crippen LogP contribution in [0.25, 0.3) is 110 Å². The number of hydrogen-bond donors (Lipinski definition) is 0. The zero-order valence-corrected chi connectivity index (χ0v) is 29.0. The normalized spacial score (nSPS) is 11.7. The van der Waals surface area contributed by atoms with Crippen molar-refractivity contribution in [1.82, 2.24) is 15.0 Å². The van der Waals surface area contributed by atoms with Gasteiger partial charge in [0.1, 0.15) is 0 Å². The molecule has 0 N–H and O–H groups in total. The molecular weight excluding hydrogens is 657 g/mol. The van der Waals surface area contributed by atoms with Crippen LogP contribution in [0.3, 0.4) is 0 Å². The molecule has 4 heteroatoms. The minimum absolute atomic E-state index is 0.596. The molecule has 0 fully saturated rings. The highest BCUT2D eigenvalue weighted by molar-refractivity contribution is 6.37. The molecular formula is C50H28N4. The first-order valence-electron chi connectivity index (χ1n) is 18.1. The van der Waals surface area contributed by atoms with Crippen molar-refractivity contribution in [1.29, 1.82) is 5.26 Å². The van der Waals surface area contributed by atoms with Crippen molar-refractivity contribution >= 4 is 64.6 Å². The predicted molar refractivity (Wildman–Crippen MR) is 223 cm³/mol. The highest BCUT2D eigenvalue weighted by atomic mass is 15.0. The summed E-state index contributed by atoms with van der Waals surface area (Å²) in [6.45, 7) is 0. The summed E-state index contributed by atoms with van der Waals surface area (Å²) in [4.78, 5) is 15.5. The van der Waals surface area contributed by atoms with Gasteiger partial charge in [-0.05, 0) is 106 Å². The second-order valence-corrected chi connectivity index (χ2v) is 13.9. The van der Waals surface area contributed by atoms with Crippen LogP contribution < -0.4 is 0 Å². The number of rotatable bonds is 4. The molecule has 1 aromatic heterocycles. The maximum atomic E-state index is 9.34. The van der Waals surface area contributed by atoms with E-state index in [1.165, 1.54) is 59.2 Å². The Morgan fingerprint density at radius 3 is 1.41 bits per heavy atom. The molecule has 0 atom stereocenters. The fraction of sp³-hybridized carbons (Fsp3) is 0. The third-order valence-electron chi connectivity index (χ3n) is 10.8. The SMILES string of the molecule is N#Cc1ccc(-c2cccc(-c3nc(-c4ccccc4)nc(-c4cc5ccc6cccc7c8cccc9ccc%10cccc(c(c4)c5c67)c%10c98)n3)c2)cc1. The van der Waals surface area contributed by atoms with E-state index in [1.54, 1.807) is 0 Å². The monoisotopic (exact) mass is 684 g/mol. The molecule has 54 heavy (non-hydrogen) atoms. The molecule has 0 saturated carbocycles. The van der Waals surface area contributed by atoms with Gasteiger partial charge in [-0.3, -0.25) is 0 Å². The number of benzene rings is 9. The van der Waals surface area contributed by atoms with Gasteiger partial charge in [-0.15, -0.1) is 0 Å². The lowest BCUT2D eigenvalue weighted by Crippen LogP contribution is -2.00. The van der Waals surface area contributed by atoms with Crippen LogP contribution in [-0.4, -0.2) is 15.0 Å². The van der Waals surface area contributed by atoms with E-state index in [0.717, 1.165) is 33.2 Å². The average molecular weight is 685 g/mol. The van der Waals surface area contributed by atoms with E-state index < -0.39 is 0 Å². The standard InChI is InChI=1S/C50H28N4/c51-29-30-18-20-31(21-19-30)36-13-4-14-38(26-36)49-52-48(35-8-2-1-3-9-35)53-50(54-49)39-27-37-25-24-34-11-6-16-41-40-15-5-10-32-22-23-33-12-7-17-42(46(33)44(32)40)43(28-39)47(37)45(34)41/h1-28H. The van der Waals surface area contributed by atoms with Crippen molar-refractivity contribution in [3.8, 4) is 51.4 Å². The number of nitrogens with zero attached hydrogens (tertiary/aromatic N) is 4. The van der Waals surface area contributed by atoms with E-state index in [0.29, 0.717) is 23.0 Å². The number of nitriles is 1. The lowest BCUT2D eigenvalue weighted by molar-refractivity contribution is 1.07. The van der Waals surface area contributed by atoms with Crippen molar-refractivity contribution in [3.63, 3.8) is 0 Å². The molecule has 0 aliphatic carbocycles. The molecule has 11 aromatic rings. The van der Waals surface area contributed by atoms with Crippen molar-refractivity contribution in [2.45, 2.75) is 0 Å². The lowest BCUT2D eigenvalue weighted by Gasteiger charge is -2.17. The van der Waals surface area contributed by atoms with E-state index in [4.69, 9.17) is 15.0 Å². The molecule has 0 aliphatic heterocycles. The summed E-state index contributed by atoms with van der Waals surface area (Å²) in [6.07, 6.45) is 0. The Balaban J connectivity index is 1.22. The van der Waals surface area contributed by atoms with Crippen LogP contribution in [0.15, 0.2) is 170 Å². The zero-order chi connectivity index (χ0) is 35.8. The lowest BCUT2D eigenvalue weighted by atomic mass is 9.87. The minimum atomic E-state index is 0.596. The van der Waals surface area contributed by atoms with Crippen molar-refractivity contribution in [3.05, 3.63) is 175 Å².